The molecule has 2 rings (SSSR count). The van der Waals surface area contributed by atoms with Crippen LogP contribution in [0.25, 0.3) is 0 Å². The van der Waals surface area contributed by atoms with Crippen molar-refractivity contribution >= 4 is 0 Å². The van der Waals surface area contributed by atoms with Crippen molar-refractivity contribution in [1.82, 2.24) is 10.2 Å². The molecule has 1 aliphatic heterocycles. The Morgan fingerprint density at radius 2 is 2.00 bits per heavy atom. The zero-order valence-corrected chi connectivity index (χ0v) is 13.2. The first-order chi connectivity index (χ1) is 10.3. The molecule has 0 bridgehead atoms. The molecule has 0 amide bonds. The molecule has 21 heavy (non-hydrogen) atoms. The second-order valence-electron chi connectivity index (χ2n) is 6.03. The maximum Gasteiger partial charge on any atom is 0.0688 e. The summed E-state index contributed by atoms with van der Waals surface area (Å²) >= 11 is 0. The van der Waals surface area contributed by atoms with Crippen molar-refractivity contribution in [3.8, 4) is 12.3 Å². The van der Waals surface area contributed by atoms with Crippen LogP contribution in [0.2, 0.25) is 0 Å². The van der Waals surface area contributed by atoms with Crippen molar-refractivity contribution in [2.24, 2.45) is 0 Å². The largest absolute Gasteiger partial charge is 0.303 e. The van der Waals surface area contributed by atoms with Crippen LogP contribution in [0.5, 0.6) is 0 Å². The summed E-state index contributed by atoms with van der Waals surface area (Å²) in [7, 11) is 0. The summed E-state index contributed by atoms with van der Waals surface area (Å²) in [5, 5.41) is 3.64. The van der Waals surface area contributed by atoms with Gasteiger partial charge >= 0.3 is 0 Å². The van der Waals surface area contributed by atoms with E-state index in [0.717, 1.165) is 19.3 Å². The molecular formula is C19H28N2. The van der Waals surface area contributed by atoms with Crippen molar-refractivity contribution < 1.29 is 0 Å². The highest BCUT2D eigenvalue weighted by atomic mass is 15.1. The predicted octanol–water partition coefficient (Wildman–Crippen LogP) is 3.09. The Kier molecular flexibility index (Phi) is 6.79. The second-order valence-corrected chi connectivity index (χ2v) is 6.03. The molecule has 1 atom stereocenters. The van der Waals surface area contributed by atoms with Crippen molar-refractivity contribution in [2.45, 2.75) is 51.1 Å². The molecule has 1 saturated heterocycles. The van der Waals surface area contributed by atoms with Gasteiger partial charge in [-0.05, 0) is 44.3 Å². The molecule has 0 aromatic heterocycles. The van der Waals surface area contributed by atoms with Gasteiger partial charge in [-0.3, -0.25) is 0 Å². The summed E-state index contributed by atoms with van der Waals surface area (Å²) in [6.07, 6.45) is 11.4. The van der Waals surface area contributed by atoms with Crippen LogP contribution in [0.4, 0.5) is 0 Å². The van der Waals surface area contributed by atoms with E-state index in [0.29, 0.717) is 6.04 Å². The molecule has 2 nitrogen and oxygen atoms in total. The van der Waals surface area contributed by atoms with E-state index in [4.69, 9.17) is 6.42 Å². The lowest BCUT2D eigenvalue weighted by Crippen LogP contribution is -2.46. The Balaban J connectivity index is 1.67. The van der Waals surface area contributed by atoms with E-state index in [1.54, 1.807) is 0 Å². The topological polar surface area (TPSA) is 15.3 Å². The summed E-state index contributed by atoms with van der Waals surface area (Å²) < 4.78 is 0. The van der Waals surface area contributed by atoms with Gasteiger partial charge in [0.05, 0.1) is 6.04 Å². The molecule has 1 heterocycles. The SMILES string of the molecule is C#CC(CCC)NC1CCN(CCc2ccccc2)CC1. The van der Waals surface area contributed by atoms with Gasteiger partial charge in [0.1, 0.15) is 0 Å². The minimum Gasteiger partial charge on any atom is -0.303 e. The van der Waals surface area contributed by atoms with Gasteiger partial charge in [-0.2, -0.15) is 0 Å². The van der Waals surface area contributed by atoms with Gasteiger partial charge in [-0.1, -0.05) is 49.6 Å². The highest BCUT2D eigenvalue weighted by Crippen LogP contribution is 2.13. The van der Waals surface area contributed by atoms with Gasteiger partial charge in [0.15, 0.2) is 0 Å². The Morgan fingerprint density at radius 3 is 2.62 bits per heavy atom. The number of likely N-dealkylation sites (tertiary alicyclic amines) is 1. The first-order valence-corrected chi connectivity index (χ1v) is 8.30. The van der Waals surface area contributed by atoms with Crippen molar-refractivity contribution in [3.63, 3.8) is 0 Å². The number of nitrogens with zero attached hydrogens (tertiary/aromatic N) is 1. The lowest BCUT2D eigenvalue weighted by atomic mass is 10.0. The smallest absolute Gasteiger partial charge is 0.0688 e. The second kappa shape index (κ2) is 8.87. The molecule has 1 aliphatic rings. The van der Waals surface area contributed by atoms with Crippen LogP contribution in [0.15, 0.2) is 30.3 Å². The Hall–Kier alpha value is -1.30. The van der Waals surface area contributed by atoms with Crippen LogP contribution in [0.3, 0.4) is 0 Å². The first kappa shape index (κ1) is 16.1. The van der Waals surface area contributed by atoms with Crippen molar-refractivity contribution in [2.75, 3.05) is 19.6 Å². The van der Waals surface area contributed by atoms with Gasteiger partial charge in [0.2, 0.25) is 0 Å². The molecule has 1 fully saturated rings. The quantitative estimate of drug-likeness (QED) is 0.774. The number of piperidine rings is 1. The van der Waals surface area contributed by atoms with Gasteiger partial charge < -0.3 is 10.2 Å². The van der Waals surface area contributed by atoms with Gasteiger partial charge in [-0.25, -0.2) is 0 Å². The monoisotopic (exact) mass is 284 g/mol. The molecule has 0 saturated carbocycles. The molecule has 1 aromatic rings. The Labute approximate surface area is 129 Å². The number of hydrogen-bond acceptors (Lipinski definition) is 2. The first-order valence-electron chi connectivity index (χ1n) is 8.30. The molecule has 0 radical (unpaired) electrons. The average Bonchev–Trinajstić information content (AvgIpc) is 2.54. The van der Waals surface area contributed by atoms with Crippen LogP contribution >= 0.6 is 0 Å². The zero-order valence-electron chi connectivity index (χ0n) is 13.2. The maximum atomic E-state index is 5.59. The summed E-state index contributed by atoms with van der Waals surface area (Å²) in [5.74, 6) is 2.88. The highest BCUT2D eigenvalue weighted by molar-refractivity contribution is 5.14. The minimum atomic E-state index is 0.260. The molecule has 2 heteroatoms. The zero-order chi connectivity index (χ0) is 14.9. The highest BCUT2D eigenvalue weighted by Gasteiger charge is 2.20. The molecule has 1 unspecified atom stereocenters. The molecule has 1 N–H and O–H groups in total. The number of rotatable bonds is 7. The van der Waals surface area contributed by atoms with E-state index in [1.165, 1.54) is 38.0 Å². The Morgan fingerprint density at radius 1 is 1.29 bits per heavy atom. The average molecular weight is 284 g/mol. The van der Waals surface area contributed by atoms with Gasteiger partial charge in [0.25, 0.3) is 0 Å². The number of hydrogen-bond donors (Lipinski definition) is 1. The summed E-state index contributed by atoms with van der Waals surface area (Å²) in [6, 6.07) is 11.6. The number of benzene rings is 1. The fourth-order valence-electron chi connectivity index (χ4n) is 3.04. The van der Waals surface area contributed by atoms with E-state index >= 15 is 0 Å². The van der Waals surface area contributed by atoms with Crippen molar-refractivity contribution in [3.05, 3.63) is 35.9 Å². The lowest BCUT2D eigenvalue weighted by molar-refractivity contribution is 0.195. The van der Waals surface area contributed by atoms with Crippen LogP contribution in [0, 0.1) is 12.3 Å². The van der Waals surface area contributed by atoms with Gasteiger partial charge in [0, 0.05) is 12.6 Å². The van der Waals surface area contributed by atoms with E-state index < -0.39 is 0 Å². The Bertz CT molecular complexity index is 427. The predicted molar refractivity (Wildman–Crippen MR) is 90.3 cm³/mol. The summed E-state index contributed by atoms with van der Waals surface area (Å²) in [5.41, 5.74) is 1.44. The van der Waals surface area contributed by atoms with Crippen LogP contribution in [-0.2, 0) is 6.42 Å². The standard InChI is InChI=1S/C19H28N2/c1-3-8-18(4-2)20-19-12-15-21(16-13-19)14-11-17-9-6-5-7-10-17/h2,5-7,9-10,18-20H,3,8,11-16H2,1H3. The fraction of sp³-hybridized carbons (Fsp3) is 0.579. The fourth-order valence-corrected chi connectivity index (χ4v) is 3.04. The third-order valence-electron chi connectivity index (χ3n) is 4.36. The number of terminal acetylenes is 1. The molecule has 0 spiro atoms. The maximum absolute atomic E-state index is 5.59. The van der Waals surface area contributed by atoms with E-state index in [1.807, 2.05) is 0 Å². The molecule has 1 aromatic carbocycles. The van der Waals surface area contributed by atoms with E-state index in [2.05, 4.69) is 53.4 Å². The lowest BCUT2D eigenvalue weighted by Gasteiger charge is -2.33. The van der Waals surface area contributed by atoms with E-state index in [9.17, 15) is 0 Å². The van der Waals surface area contributed by atoms with Crippen LogP contribution < -0.4 is 5.32 Å². The minimum absolute atomic E-state index is 0.260. The third-order valence-corrected chi connectivity index (χ3v) is 4.36. The third kappa shape index (κ3) is 5.53. The summed E-state index contributed by atoms with van der Waals surface area (Å²) in [4.78, 5) is 2.58. The van der Waals surface area contributed by atoms with Crippen LogP contribution in [-0.4, -0.2) is 36.6 Å². The number of nitrogens with one attached hydrogen (secondary N) is 1. The van der Waals surface area contributed by atoms with Crippen LogP contribution in [0.1, 0.15) is 38.2 Å². The van der Waals surface area contributed by atoms with Gasteiger partial charge in [-0.15, -0.1) is 6.42 Å². The molecular weight excluding hydrogens is 256 g/mol. The normalized spacial score (nSPS) is 18.3. The molecule has 114 valence electrons. The van der Waals surface area contributed by atoms with E-state index in [-0.39, 0.29) is 6.04 Å². The van der Waals surface area contributed by atoms with Crippen molar-refractivity contribution in [1.29, 1.82) is 0 Å². The summed E-state index contributed by atoms with van der Waals surface area (Å²) in [6.45, 7) is 5.74. The molecule has 0 aliphatic carbocycles.